The Morgan fingerprint density at radius 3 is 2.72 bits per heavy atom. The van der Waals surface area contributed by atoms with Gasteiger partial charge in [0.2, 0.25) is 5.88 Å². The van der Waals surface area contributed by atoms with Crippen molar-refractivity contribution >= 4 is 11.5 Å². The van der Waals surface area contributed by atoms with Gasteiger partial charge in [-0.2, -0.15) is 4.98 Å². The van der Waals surface area contributed by atoms with E-state index < -0.39 is 0 Å². The summed E-state index contributed by atoms with van der Waals surface area (Å²) in [5, 5.41) is 0. The number of anilines is 2. The molecule has 0 radical (unpaired) electrons. The second-order valence-corrected chi connectivity index (χ2v) is 4.41. The van der Waals surface area contributed by atoms with E-state index in [4.69, 9.17) is 15.2 Å². The van der Waals surface area contributed by atoms with Crippen LogP contribution in [0.4, 0.5) is 11.5 Å². The minimum Gasteiger partial charge on any atom is -0.479 e. The molecule has 1 aromatic heterocycles. The van der Waals surface area contributed by atoms with Gasteiger partial charge in [-0.05, 0) is 31.9 Å². The van der Waals surface area contributed by atoms with Crippen LogP contribution in [-0.4, -0.2) is 37.9 Å². The van der Waals surface area contributed by atoms with Gasteiger partial charge >= 0.3 is 0 Å². The van der Waals surface area contributed by atoms with Gasteiger partial charge in [-0.3, -0.25) is 0 Å². The third-order valence-electron chi connectivity index (χ3n) is 3.24. The third-order valence-corrected chi connectivity index (χ3v) is 3.24. The van der Waals surface area contributed by atoms with E-state index in [2.05, 4.69) is 9.88 Å². The van der Waals surface area contributed by atoms with E-state index in [-0.39, 0.29) is 0 Å². The van der Waals surface area contributed by atoms with Gasteiger partial charge in [0.1, 0.15) is 5.82 Å². The summed E-state index contributed by atoms with van der Waals surface area (Å²) >= 11 is 0. The Bertz CT molecular complexity index is 390. The molecule has 2 N–H and O–H groups in total. The van der Waals surface area contributed by atoms with E-state index in [9.17, 15) is 0 Å². The fourth-order valence-corrected chi connectivity index (χ4v) is 2.27. The second kappa shape index (κ2) is 5.91. The van der Waals surface area contributed by atoms with Crippen LogP contribution in [0.1, 0.15) is 19.8 Å². The first kappa shape index (κ1) is 13.0. The van der Waals surface area contributed by atoms with Crippen molar-refractivity contribution in [3.63, 3.8) is 0 Å². The number of ether oxygens (including phenoxy) is 2. The number of hydrogen-bond acceptors (Lipinski definition) is 5. The van der Waals surface area contributed by atoms with Gasteiger partial charge in [-0.15, -0.1) is 0 Å². The molecule has 1 saturated heterocycles. The summed E-state index contributed by atoms with van der Waals surface area (Å²) in [5.41, 5.74) is 6.34. The number of pyridine rings is 1. The Morgan fingerprint density at radius 1 is 1.39 bits per heavy atom. The highest BCUT2D eigenvalue weighted by atomic mass is 16.5. The fraction of sp³-hybridized carbons (Fsp3) is 0.615. The molecule has 0 aromatic carbocycles. The van der Waals surface area contributed by atoms with Crippen LogP contribution in [0, 0.1) is 0 Å². The standard InChI is InChI=1S/C13H21N3O2/c1-3-18-10-6-8-16(9-7-10)12-5-4-11(14)13(15-12)17-2/h4-5,10H,3,6-9,14H2,1-2H3. The lowest BCUT2D eigenvalue weighted by Crippen LogP contribution is -2.37. The summed E-state index contributed by atoms with van der Waals surface area (Å²) in [7, 11) is 1.59. The van der Waals surface area contributed by atoms with Crippen LogP contribution < -0.4 is 15.4 Å². The Kier molecular flexibility index (Phi) is 4.25. The summed E-state index contributed by atoms with van der Waals surface area (Å²) in [4.78, 5) is 6.67. The van der Waals surface area contributed by atoms with Crippen molar-refractivity contribution in [2.75, 3.05) is 37.4 Å². The molecule has 0 atom stereocenters. The first-order chi connectivity index (χ1) is 8.74. The van der Waals surface area contributed by atoms with Crippen molar-refractivity contribution in [2.24, 2.45) is 0 Å². The predicted molar refractivity (Wildman–Crippen MR) is 72.1 cm³/mol. The maximum Gasteiger partial charge on any atom is 0.238 e. The Hall–Kier alpha value is -1.49. The van der Waals surface area contributed by atoms with E-state index in [0.29, 0.717) is 17.7 Å². The Balaban J connectivity index is 2.01. The quantitative estimate of drug-likeness (QED) is 0.882. The van der Waals surface area contributed by atoms with Crippen LogP contribution in [0.25, 0.3) is 0 Å². The van der Waals surface area contributed by atoms with E-state index in [0.717, 1.165) is 38.4 Å². The van der Waals surface area contributed by atoms with Crippen LogP contribution in [0.3, 0.4) is 0 Å². The Morgan fingerprint density at radius 2 is 2.11 bits per heavy atom. The summed E-state index contributed by atoms with van der Waals surface area (Å²) in [6.45, 7) is 4.76. The molecule has 2 rings (SSSR count). The first-order valence-corrected chi connectivity index (χ1v) is 6.41. The molecule has 0 amide bonds. The van der Waals surface area contributed by atoms with Gasteiger partial charge in [0.15, 0.2) is 0 Å². The number of nitrogen functional groups attached to an aromatic ring is 1. The molecule has 0 saturated carbocycles. The fourth-order valence-electron chi connectivity index (χ4n) is 2.27. The van der Waals surface area contributed by atoms with Gasteiger partial charge in [-0.25, -0.2) is 0 Å². The minimum atomic E-state index is 0.391. The summed E-state index contributed by atoms with van der Waals surface area (Å²) < 4.78 is 10.8. The van der Waals surface area contributed by atoms with Crippen molar-refractivity contribution < 1.29 is 9.47 Å². The van der Waals surface area contributed by atoms with Crippen LogP contribution >= 0.6 is 0 Å². The number of aromatic nitrogens is 1. The zero-order valence-corrected chi connectivity index (χ0v) is 11.1. The molecule has 5 heteroatoms. The van der Waals surface area contributed by atoms with Crippen LogP contribution in [-0.2, 0) is 4.74 Å². The highest BCUT2D eigenvalue weighted by Gasteiger charge is 2.20. The number of rotatable bonds is 4. The summed E-state index contributed by atoms with van der Waals surface area (Å²) in [6, 6.07) is 3.79. The van der Waals surface area contributed by atoms with Gasteiger partial charge < -0.3 is 20.1 Å². The van der Waals surface area contributed by atoms with Gasteiger partial charge in [0.25, 0.3) is 0 Å². The minimum absolute atomic E-state index is 0.391. The monoisotopic (exact) mass is 251 g/mol. The molecular formula is C13H21N3O2. The van der Waals surface area contributed by atoms with Crippen LogP contribution in [0.2, 0.25) is 0 Å². The Labute approximate surface area is 108 Å². The average Bonchev–Trinajstić information content (AvgIpc) is 2.41. The number of methoxy groups -OCH3 is 1. The molecule has 0 unspecified atom stereocenters. The number of nitrogens with two attached hydrogens (primary N) is 1. The van der Waals surface area contributed by atoms with Crippen molar-refractivity contribution in [1.82, 2.24) is 4.98 Å². The van der Waals surface area contributed by atoms with Gasteiger partial charge in [0, 0.05) is 19.7 Å². The second-order valence-electron chi connectivity index (χ2n) is 4.41. The molecule has 5 nitrogen and oxygen atoms in total. The van der Waals surface area contributed by atoms with Crippen LogP contribution in [0.15, 0.2) is 12.1 Å². The molecule has 2 heterocycles. The zero-order chi connectivity index (χ0) is 13.0. The lowest BCUT2D eigenvalue weighted by atomic mass is 10.1. The van der Waals surface area contributed by atoms with E-state index in [1.54, 1.807) is 7.11 Å². The van der Waals surface area contributed by atoms with E-state index in [1.165, 1.54) is 0 Å². The molecule has 1 fully saturated rings. The molecule has 1 aliphatic heterocycles. The molecule has 0 spiro atoms. The van der Waals surface area contributed by atoms with E-state index >= 15 is 0 Å². The average molecular weight is 251 g/mol. The SMILES string of the molecule is CCOC1CCN(c2ccc(N)c(OC)n2)CC1. The normalized spacial score (nSPS) is 16.9. The lowest BCUT2D eigenvalue weighted by Gasteiger charge is -2.32. The van der Waals surface area contributed by atoms with Crippen molar-refractivity contribution in [3.05, 3.63) is 12.1 Å². The molecule has 1 aliphatic rings. The highest BCUT2D eigenvalue weighted by molar-refractivity contribution is 5.54. The number of hydrogen-bond donors (Lipinski definition) is 1. The van der Waals surface area contributed by atoms with Crippen LogP contribution in [0.5, 0.6) is 5.88 Å². The lowest BCUT2D eigenvalue weighted by molar-refractivity contribution is 0.0458. The van der Waals surface area contributed by atoms with Gasteiger partial charge in [-0.1, -0.05) is 0 Å². The topological polar surface area (TPSA) is 60.6 Å². The van der Waals surface area contributed by atoms with E-state index in [1.807, 2.05) is 19.1 Å². The summed E-state index contributed by atoms with van der Waals surface area (Å²) in [5.74, 6) is 1.43. The molecular weight excluding hydrogens is 230 g/mol. The maximum atomic E-state index is 5.77. The number of piperidine rings is 1. The predicted octanol–water partition coefficient (Wildman–Crippen LogP) is 1.68. The summed E-state index contributed by atoms with van der Waals surface area (Å²) in [6.07, 6.45) is 2.48. The third kappa shape index (κ3) is 2.85. The molecule has 1 aromatic rings. The molecule has 0 aliphatic carbocycles. The van der Waals surface area contributed by atoms with Crippen molar-refractivity contribution in [1.29, 1.82) is 0 Å². The largest absolute Gasteiger partial charge is 0.479 e. The smallest absolute Gasteiger partial charge is 0.238 e. The number of nitrogens with zero attached hydrogens (tertiary/aromatic N) is 2. The zero-order valence-electron chi connectivity index (χ0n) is 11.1. The van der Waals surface area contributed by atoms with Crippen molar-refractivity contribution in [3.8, 4) is 5.88 Å². The molecule has 100 valence electrons. The maximum absolute atomic E-state index is 5.77. The highest BCUT2D eigenvalue weighted by Crippen LogP contribution is 2.25. The molecule has 18 heavy (non-hydrogen) atoms. The van der Waals surface area contributed by atoms with Gasteiger partial charge in [0.05, 0.1) is 18.9 Å². The molecule has 0 bridgehead atoms. The first-order valence-electron chi connectivity index (χ1n) is 6.41. The van der Waals surface area contributed by atoms with Crippen molar-refractivity contribution in [2.45, 2.75) is 25.9 Å².